The maximum atomic E-state index is 11.8. The highest BCUT2D eigenvalue weighted by atomic mass is 35.5. The summed E-state index contributed by atoms with van der Waals surface area (Å²) in [5.74, 6) is -0.403. The Kier molecular flexibility index (Phi) is 5.07. The van der Waals surface area contributed by atoms with Crippen LogP contribution in [-0.2, 0) is 17.8 Å². The van der Waals surface area contributed by atoms with Crippen LogP contribution in [0.3, 0.4) is 0 Å². The highest BCUT2D eigenvalue weighted by Gasteiger charge is 2.31. The van der Waals surface area contributed by atoms with Crippen LogP contribution in [0.4, 0.5) is 5.69 Å². The first-order valence-electron chi connectivity index (χ1n) is 8.13. The fraction of sp³-hybridized carbons (Fsp3) is 0.316. The third-order valence-electron chi connectivity index (χ3n) is 4.82. The van der Waals surface area contributed by atoms with Crippen molar-refractivity contribution in [3.8, 4) is 0 Å². The second-order valence-corrected chi connectivity index (χ2v) is 6.74. The second kappa shape index (κ2) is 7.24. The van der Waals surface area contributed by atoms with Crippen molar-refractivity contribution in [2.75, 3.05) is 5.32 Å². The number of aryl methyl sites for hydroxylation is 1. The van der Waals surface area contributed by atoms with E-state index in [0.717, 1.165) is 29.1 Å². The fourth-order valence-electron chi connectivity index (χ4n) is 3.38. The van der Waals surface area contributed by atoms with E-state index in [9.17, 15) is 4.79 Å². The van der Waals surface area contributed by atoms with Gasteiger partial charge in [0.15, 0.2) is 0 Å². The number of halogens is 1. The van der Waals surface area contributed by atoms with Crippen LogP contribution in [0, 0.1) is 5.92 Å². The van der Waals surface area contributed by atoms with Gasteiger partial charge >= 0.3 is 0 Å². The molecular formula is C19H21ClN2O2. The highest BCUT2D eigenvalue weighted by molar-refractivity contribution is 6.30. The lowest BCUT2D eigenvalue weighted by Gasteiger charge is -2.30. The molecule has 2 atom stereocenters. The van der Waals surface area contributed by atoms with Crippen LogP contribution in [0.25, 0.3) is 0 Å². The molecular weight excluding hydrogens is 324 g/mol. The molecule has 24 heavy (non-hydrogen) atoms. The van der Waals surface area contributed by atoms with Crippen LogP contribution >= 0.6 is 11.6 Å². The lowest BCUT2D eigenvalue weighted by Crippen LogP contribution is -2.34. The van der Waals surface area contributed by atoms with Crippen molar-refractivity contribution in [1.29, 1.82) is 0 Å². The Bertz CT molecular complexity index is 731. The van der Waals surface area contributed by atoms with Gasteiger partial charge in [0.2, 0.25) is 5.91 Å². The van der Waals surface area contributed by atoms with E-state index in [1.807, 2.05) is 31.2 Å². The fourth-order valence-corrected chi connectivity index (χ4v) is 3.51. The van der Waals surface area contributed by atoms with Crippen molar-refractivity contribution in [3.05, 3.63) is 64.2 Å². The van der Waals surface area contributed by atoms with E-state index in [1.165, 1.54) is 11.1 Å². The van der Waals surface area contributed by atoms with E-state index in [2.05, 4.69) is 23.5 Å². The summed E-state index contributed by atoms with van der Waals surface area (Å²) in [6.45, 7) is 2.76. The van der Waals surface area contributed by atoms with Crippen LogP contribution < -0.4 is 10.8 Å². The summed E-state index contributed by atoms with van der Waals surface area (Å²) < 4.78 is 0. The molecule has 0 bridgehead atoms. The van der Waals surface area contributed by atoms with E-state index < -0.39 is 0 Å². The Labute approximate surface area is 146 Å². The van der Waals surface area contributed by atoms with Gasteiger partial charge < -0.3 is 5.32 Å². The van der Waals surface area contributed by atoms with E-state index in [0.29, 0.717) is 6.54 Å². The molecule has 2 aromatic carbocycles. The number of carbonyl (C=O) groups is 1. The Morgan fingerprint density at radius 1 is 1.25 bits per heavy atom. The molecule has 0 heterocycles. The van der Waals surface area contributed by atoms with E-state index in [-0.39, 0.29) is 17.7 Å². The Morgan fingerprint density at radius 3 is 2.71 bits per heavy atom. The number of carbonyl (C=O) groups excluding carboxylic acids is 1. The molecule has 126 valence electrons. The van der Waals surface area contributed by atoms with Gasteiger partial charge in [-0.3, -0.25) is 10.0 Å². The third-order valence-corrected chi connectivity index (χ3v) is 5.07. The predicted molar refractivity (Wildman–Crippen MR) is 95.4 cm³/mol. The topological polar surface area (TPSA) is 61.4 Å². The van der Waals surface area contributed by atoms with Gasteiger partial charge in [0.1, 0.15) is 0 Å². The van der Waals surface area contributed by atoms with Crippen molar-refractivity contribution >= 4 is 23.2 Å². The van der Waals surface area contributed by atoms with Crippen LogP contribution in [-0.4, -0.2) is 11.1 Å². The first-order valence-corrected chi connectivity index (χ1v) is 8.51. The number of fused-ring (bicyclic) bond motifs is 1. The van der Waals surface area contributed by atoms with Crippen LogP contribution in [0.1, 0.15) is 36.0 Å². The van der Waals surface area contributed by atoms with Gasteiger partial charge in [-0.05, 0) is 59.7 Å². The molecule has 3 rings (SSSR count). The SMILES string of the molecule is CC1c2cc(NCc3ccc(Cl)cc3)ccc2CCC1C(=O)NO. The molecule has 1 aliphatic carbocycles. The molecule has 2 unspecified atom stereocenters. The summed E-state index contributed by atoms with van der Waals surface area (Å²) in [6, 6.07) is 14.1. The molecule has 5 heteroatoms. The quantitative estimate of drug-likeness (QED) is 0.577. The monoisotopic (exact) mass is 344 g/mol. The number of rotatable bonds is 4. The average Bonchev–Trinajstić information content (AvgIpc) is 2.61. The number of nitrogens with one attached hydrogen (secondary N) is 2. The third kappa shape index (κ3) is 3.55. The van der Waals surface area contributed by atoms with Crippen molar-refractivity contribution in [3.63, 3.8) is 0 Å². The molecule has 2 aromatic rings. The number of hydroxylamine groups is 1. The van der Waals surface area contributed by atoms with Gasteiger partial charge in [0.25, 0.3) is 0 Å². The smallest absolute Gasteiger partial charge is 0.247 e. The zero-order valence-corrected chi connectivity index (χ0v) is 14.3. The number of hydrogen-bond acceptors (Lipinski definition) is 3. The molecule has 0 spiro atoms. The van der Waals surface area contributed by atoms with Crippen LogP contribution in [0.2, 0.25) is 5.02 Å². The summed E-state index contributed by atoms with van der Waals surface area (Å²) in [7, 11) is 0. The Morgan fingerprint density at radius 2 is 2.00 bits per heavy atom. The second-order valence-electron chi connectivity index (χ2n) is 6.30. The normalized spacial score (nSPS) is 19.5. The number of anilines is 1. The molecule has 0 aliphatic heterocycles. The summed E-state index contributed by atoms with van der Waals surface area (Å²) in [5.41, 5.74) is 6.44. The highest BCUT2D eigenvalue weighted by Crippen LogP contribution is 2.37. The summed E-state index contributed by atoms with van der Waals surface area (Å²) in [4.78, 5) is 11.8. The predicted octanol–water partition coefficient (Wildman–Crippen LogP) is 4.12. The Balaban J connectivity index is 1.74. The van der Waals surface area contributed by atoms with Crippen molar-refractivity contribution < 1.29 is 10.0 Å². The molecule has 3 N–H and O–H groups in total. The zero-order valence-electron chi connectivity index (χ0n) is 13.6. The summed E-state index contributed by atoms with van der Waals surface area (Å²) >= 11 is 5.90. The molecule has 1 aliphatic rings. The molecule has 0 saturated carbocycles. The molecule has 1 amide bonds. The van der Waals surface area contributed by atoms with Crippen LogP contribution in [0.5, 0.6) is 0 Å². The molecule has 0 saturated heterocycles. The number of amides is 1. The van der Waals surface area contributed by atoms with Gasteiger partial charge in [-0.1, -0.05) is 36.7 Å². The lowest BCUT2D eigenvalue weighted by molar-refractivity contribution is -0.134. The molecule has 4 nitrogen and oxygen atoms in total. The minimum Gasteiger partial charge on any atom is -0.381 e. The standard InChI is InChI=1S/C19H21ClN2O2/c1-12-17(19(23)22-24)9-5-14-4-8-16(10-18(12)14)21-11-13-2-6-15(20)7-3-13/h2-4,6-8,10,12,17,21,24H,5,9,11H2,1H3,(H,22,23). The van der Waals surface area contributed by atoms with E-state index in [1.54, 1.807) is 5.48 Å². The van der Waals surface area contributed by atoms with Crippen molar-refractivity contribution in [1.82, 2.24) is 5.48 Å². The number of hydrogen-bond donors (Lipinski definition) is 3. The molecule has 0 radical (unpaired) electrons. The van der Waals surface area contributed by atoms with Gasteiger partial charge in [-0.15, -0.1) is 0 Å². The summed E-state index contributed by atoms with van der Waals surface area (Å²) in [6.07, 6.45) is 1.62. The minimum atomic E-state index is -0.298. The van der Waals surface area contributed by atoms with E-state index >= 15 is 0 Å². The average molecular weight is 345 g/mol. The lowest BCUT2D eigenvalue weighted by atomic mass is 9.75. The van der Waals surface area contributed by atoms with Crippen LogP contribution in [0.15, 0.2) is 42.5 Å². The number of benzene rings is 2. The zero-order chi connectivity index (χ0) is 17.1. The maximum Gasteiger partial charge on any atom is 0.247 e. The summed E-state index contributed by atoms with van der Waals surface area (Å²) in [5, 5.41) is 13.1. The van der Waals surface area contributed by atoms with Gasteiger partial charge in [0, 0.05) is 23.2 Å². The van der Waals surface area contributed by atoms with Gasteiger partial charge in [-0.25, -0.2) is 5.48 Å². The first-order chi connectivity index (χ1) is 11.6. The van der Waals surface area contributed by atoms with Gasteiger partial charge in [-0.2, -0.15) is 0 Å². The first kappa shape index (κ1) is 16.8. The largest absolute Gasteiger partial charge is 0.381 e. The minimum absolute atomic E-state index is 0.0816. The van der Waals surface area contributed by atoms with Crippen molar-refractivity contribution in [2.45, 2.75) is 32.2 Å². The Hall–Kier alpha value is -2.04. The molecule has 0 aromatic heterocycles. The molecule has 0 fully saturated rings. The maximum absolute atomic E-state index is 11.8. The van der Waals surface area contributed by atoms with E-state index in [4.69, 9.17) is 16.8 Å². The van der Waals surface area contributed by atoms with Gasteiger partial charge in [0.05, 0.1) is 0 Å². The van der Waals surface area contributed by atoms with Crippen molar-refractivity contribution in [2.24, 2.45) is 5.92 Å².